The average molecular weight is 264 g/mol. The van der Waals surface area contributed by atoms with Crippen LogP contribution in [0.1, 0.15) is 36.6 Å². The van der Waals surface area contributed by atoms with Gasteiger partial charge < -0.3 is 10.5 Å². The van der Waals surface area contributed by atoms with Crippen LogP contribution in [0, 0.1) is 12.8 Å². The number of hydrogen-bond acceptors (Lipinski definition) is 4. The largest absolute Gasteiger partial charge is 0.481 e. The van der Waals surface area contributed by atoms with Gasteiger partial charge in [0.15, 0.2) is 0 Å². The number of rotatable bonds is 4. The molecule has 0 radical (unpaired) electrons. The van der Waals surface area contributed by atoms with E-state index in [0.29, 0.717) is 12.6 Å². The van der Waals surface area contributed by atoms with Crippen LogP contribution in [0.3, 0.4) is 0 Å². The lowest BCUT2D eigenvalue weighted by atomic mass is 10.0. The minimum absolute atomic E-state index is 0.249. The third kappa shape index (κ3) is 1.96. The van der Waals surface area contributed by atoms with Gasteiger partial charge in [-0.2, -0.15) is 5.10 Å². The summed E-state index contributed by atoms with van der Waals surface area (Å²) in [5, 5.41) is 4.49. The zero-order chi connectivity index (χ0) is 13.6. The third-order valence-electron chi connectivity index (χ3n) is 4.82. The zero-order valence-corrected chi connectivity index (χ0v) is 12.1. The Morgan fingerprint density at radius 2 is 2.26 bits per heavy atom. The summed E-state index contributed by atoms with van der Waals surface area (Å²) in [6, 6.07) is 0.960. The highest BCUT2D eigenvalue weighted by Crippen LogP contribution is 2.43. The summed E-state index contributed by atoms with van der Waals surface area (Å²) in [6.45, 7) is 3.87. The number of methoxy groups -OCH3 is 1. The highest BCUT2D eigenvalue weighted by Gasteiger charge is 2.42. The minimum atomic E-state index is 0.249. The van der Waals surface area contributed by atoms with Crippen molar-refractivity contribution < 1.29 is 4.74 Å². The van der Waals surface area contributed by atoms with Crippen molar-refractivity contribution in [1.29, 1.82) is 0 Å². The quantitative estimate of drug-likeness (QED) is 0.888. The van der Waals surface area contributed by atoms with Crippen molar-refractivity contribution in [3.63, 3.8) is 0 Å². The van der Waals surface area contributed by atoms with E-state index in [1.807, 2.05) is 11.7 Å². The highest BCUT2D eigenvalue weighted by atomic mass is 16.5. The van der Waals surface area contributed by atoms with E-state index in [1.165, 1.54) is 31.4 Å². The zero-order valence-electron chi connectivity index (χ0n) is 12.1. The number of nitrogens with zero attached hydrogens (tertiary/aromatic N) is 3. The summed E-state index contributed by atoms with van der Waals surface area (Å²) in [5.41, 5.74) is 8.30. The second-order valence-electron chi connectivity index (χ2n) is 5.91. The molecule has 1 aromatic rings. The highest BCUT2D eigenvalue weighted by molar-refractivity contribution is 5.35. The number of aryl methyl sites for hydroxylation is 2. The molecule has 0 aromatic carbocycles. The predicted octanol–water partition coefficient (Wildman–Crippen LogP) is 1.22. The van der Waals surface area contributed by atoms with Crippen molar-refractivity contribution in [2.75, 3.05) is 20.2 Å². The van der Waals surface area contributed by atoms with E-state index in [9.17, 15) is 0 Å². The predicted molar refractivity (Wildman–Crippen MR) is 74.1 cm³/mol. The molecule has 0 amide bonds. The molecule has 2 aliphatic rings. The van der Waals surface area contributed by atoms with E-state index >= 15 is 0 Å². The van der Waals surface area contributed by atoms with Crippen LogP contribution in [0.15, 0.2) is 0 Å². The molecule has 19 heavy (non-hydrogen) atoms. The fourth-order valence-corrected chi connectivity index (χ4v) is 4.04. The summed E-state index contributed by atoms with van der Waals surface area (Å²) in [6.07, 6.45) is 4.06. The van der Waals surface area contributed by atoms with E-state index in [1.54, 1.807) is 7.11 Å². The van der Waals surface area contributed by atoms with Gasteiger partial charge in [0.25, 0.3) is 0 Å². The molecule has 3 rings (SSSR count). The summed E-state index contributed by atoms with van der Waals surface area (Å²) < 4.78 is 7.36. The molecule has 1 saturated carbocycles. The van der Waals surface area contributed by atoms with Crippen molar-refractivity contribution in [1.82, 2.24) is 14.7 Å². The van der Waals surface area contributed by atoms with Gasteiger partial charge >= 0.3 is 0 Å². The third-order valence-corrected chi connectivity index (χ3v) is 4.82. The minimum Gasteiger partial charge on any atom is -0.481 e. The molecule has 2 bridgehead atoms. The van der Waals surface area contributed by atoms with E-state index in [0.717, 1.165) is 17.5 Å². The van der Waals surface area contributed by atoms with Crippen molar-refractivity contribution in [3.05, 3.63) is 11.3 Å². The van der Waals surface area contributed by atoms with Crippen molar-refractivity contribution in [3.8, 4) is 5.88 Å². The molecule has 106 valence electrons. The maximum absolute atomic E-state index is 6.08. The van der Waals surface area contributed by atoms with Crippen LogP contribution in [-0.2, 0) is 7.05 Å². The molecule has 1 saturated heterocycles. The van der Waals surface area contributed by atoms with Crippen LogP contribution >= 0.6 is 0 Å². The smallest absolute Gasteiger partial charge is 0.216 e. The normalized spacial score (nSPS) is 28.0. The molecule has 5 heteroatoms. The maximum atomic E-state index is 6.08. The SMILES string of the molecule is COc1c(C(CN)N2CC3CCC2C3)c(C)nn1C. The van der Waals surface area contributed by atoms with Gasteiger partial charge in [-0.1, -0.05) is 0 Å². The lowest BCUT2D eigenvalue weighted by Crippen LogP contribution is -2.39. The first-order chi connectivity index (χ1) is 9.15. The van der Waals surface area contributed by atoms with Crippen LogP contribution in [0.25, 0.3) is 0 Å². The first-order valence-electron chi connectivity index (χ1n) is 7.19. The standard InChI is InChI=1S/C14H24N4O/c1-9-13(14(19-3)17(2)16-9)12(7-15)18-8-10-4-5-11(18)6-10/h10-12H,4-8,15H2,1-3H3. The van der Waals surface area contributed by atoms with Gasteiger partial charge in [0, 0.05) is 26.2 Å². The van der Waals surface area contributed by atoms with Crippen molar-refractivity contribution in [2.45, 2.75) is 38.3 Å². The van der Waals surface area contributed by atoms with Gasteiger partial charge in [-0.3, -0.25) is 4.90 Å². The number of fused-ring (bicyclic) bond motifs is 2. The lowest BCUT2D eigenvalue weighted by molar-refractivity contribution is 0.150. The lowest BCUT2D eigenvalue weighted by Gasteiger charge is -2.34. The van der Waals surface area contributed by atoms with Gasteiger partial charge in [0.2, 0.25) is 5.88 Å². The Bertz CT molecular complexity index is 470. The van der Waals surface area contributed by atoms with Gasteiger partial charge in [-0.25, -0.2) is 4.68 Å². The van der Waals surface area contributed by atoms with Gasteiger partial charge in [-0.15, -0.1) is 0 Å². The molecule has 3 unspecified atom stereocenters. The van der Waals surface area contributed by atoms with Gasteiger partial charge in [0.1, 0.15) is 0 Å². The Labute approximate surface area is 114 Å². The summed E-state index contributed by atoms with van der Waals surface area (Å²) in [7, 11) is 3.64. The molecule has 2 fully saturated rings. The van der Waals surface area contributed by atoms with E-state index < -0.39 is 0 Å². The summed E-state index contributed by atoms with van der Waals surface area (Å²) >= 11 is 0. The molecular formula is C14H24N4O. The van der Waals surface area contributed by atoms with Crippen LogP contribution in [0.5, 0.6) is 5.88 Å². The topological polar surface area (TPSA) is 56.3 Å². The van der Waals surface area contributed by atoms with Crippen LogP contribution in [-0.4, -0.2) is 40.9 Å². The second kappa shape index (κ2) is 4.80. The molecule has 1 aromatic heterocycles. The Balaban J connectivity index is 1.94. The Morgan fingerprint density at radius 3 is 2.79 bits per heavy atom. The van der Waals surface area contributed by atoms with Gasteiger partial charge in [0.05, 0.1) is 24.4 Å². The molecular weight excluding hydrogens is 240 g/mol. The Hall–Kier alpha value is -1.07. The number of likely N-dealkylation sites (tertiary alicyclic amines) is 1. The monoisotopic (exact) mass is 264 g/mol. The first-order valence-corrected chi connectivity index (χ1v) is 7.19. The van der Waals surface area contributed by atoms with Crippen molar-refractivity contribution >= 4 is 0 Å². The molecule has 1 aliphatic carbocycles. The molecule has 2 heterocycles. The number of aromatic nitrogens is 2. The van der Waals surface area contributed by atoms with Crippen LogP contribution < -0.4 is 10.5 Å². The summed E-state index contributed by atoms with van der Waals surface area (Å²) in [5.74, 6) is 1.73. The number of hydrogen-bond donors (Lipinski definition) is 1. The average Bonchev–Trinajstić information content (AvgIpc) is 3.06. The van der Waals surface area contributed by atoms with Crippen molar-refractivity contribution in [2.24, 2.45) is 18.7 Å². The molecule has 0 spiro atoms. The first kappa shape index (κ1) is 12.9. The second-order valence-corrected chi connectivity index (χ2v) is 5.91. The van der Waals surface area contributed by atoms with Crippen LogP contribution in [0.4, 0.5) is 0 Å². The summed E-state index contributed by atoms with van der Waals surface area (Å²) in [4.78, 5) is 2.58. The van der Waals surface area contributed by atoms with E-state index in [-0.39, 0.29) is 6.04 Å². The fourth-order valence-electron chi connectivity index (χ4n) is 4.04. The molecule has 1 aliphatic heterocycles. The maximum Gasteiger partial charge on any atom is 0.216 e. The number of nitrogens with two attached hydrogens (primary N) is 1. The fraction of sp³-hybridized carbons (Fsp3) is 0.786. The van der Waals surface area contributed by atoms with E-state index in [2.05, 4.69) is 16.9 Å². The number of piperidine rings is 1. The molecule has 5 nitrogen and oxygen atoms in total. The van der Waals surface area contributed by atoms with Crippen LogP contribution in [0.2, 0.25) is 0 Å². The van der Waals surface area contributed by atoms with Gasteiger partial charge in [-0.05, 0) is 32.1 Å². The molecule has 3 atom stereocenters. The Kier molecular flexibility index (Phi) is 3.27. The molecule has 2 N–H and O–H groups in total. The van der Waals surface area contributed by atoms with E-state index in [4.69, 9.17) is 10.5 Å². The number of ether oxygens (including phenoxy) is 1. The Morgan fingerprint density at radius 1 is 1.47 bits per heavy atom.